The van der Waals surface area contributed by atoms with Crippen LogP contribution >= 0.6 is 0 Å². The van der Waals surface area contributed by atoms with Gasteiger partial charge in [0.15, 0.2) is 37.2 Å². The molecule has 11 fully saturated rings. The van der Waals surface area contributed by atoms with Gasteiger partial charge in [-0.3, -0.25) is 0 Å². The largest absolute Gasteiger partial charge is 0.394 e. The molecule has 7 aliphatic heterocycles. The SMILES string of the molecule is CC(C)=C[C@H]1C[C@](C)(O)[C@@H]2[C@H]3CC[C@@H]4[C@@]5(C)CCC(OC6OC[C@@H](O)C(OC7O[C@H](CO[C@H]8O[C@@H](CO)[C@H](O)[C@@H](O)[C@@H]8O)[C@@H](O)C(O)C7O[C@H]7OC[C@H](O)[C@H](O)[C@H]7O)C6O[C@@H]6O[C@H](C)[C@H](O)[C@@H](O)[C@H]6O)C(C)(C)[C@@H]5CC[C@@]4(C)[C@@]34CO[C@@]2(C4)O1. The summed E-state index contributed by atoms with van der Waals surface area (Å²) in [5.41, 5.74) is -0.980. The van der Waals surface area contributed by atoms with E-state index >= 15 is 0 Å². The molecule has 2 spiro atoms. The molecule has 34 atom stereocenters. The average molecular weight is 1210 g/mol. The van der Waals surface area contributed by atoms with E-state index in [1.165, 1.54) is 6.92 Å². The molecule has 7 unspecified atom stereocenters. The van der Waals surface area contributed by atoms with E-state index in [0.29, 0.717) is 19.4 Å². The molecular weight excluding hydrogens is 1110 g/mol. The third-order valence-electron chi connectivity index (χ3n) is 22.5. The molecule has 0 aromatic carbocycles. The standard InChI is InChI=1S/C58H94O26/c1-23(2)15-25-16-56(8,72)47-26-9-10-32-54(6)13-12-33(53(4,5)31(54)11-14-55(32,7)57(26)21-58(47,84-25)76-22-57)80-51-46(83-50-43(71)38(66)34(62)24(3)77-50)44(28(61)19-74-51)81-52-45(82-49-41(69)35(63)27(60)18-73-49)40(68)37(65)30(79-52)20-75-48-42(70)39(67)36(64)29(17-59)78-48/h15,24-52,59-72H,9-14,16-22H2,1-8H3/t24-,25+,26-,27+,28-,29+,30-,31+,32-,33?,34+,35+,36+,37-,38-,39-,40?,41-,42+,43-,44?,45?,46?,47+,48+,49-,50+,51?,52?,54+,55-,56+,57+,58+/m1/s1. The normalized spacial score (nSPS) is 57.1. The molecule has 11 aliphatic rings. The third-order valence-corrected chi connectivity index (χ3v) is 22.5. The Balaban J connectivity index is 0.870. The second-order valence-electron chi connectivity index (χ2n) is 28.2. The fourth-order valence-electron chi connectivity index (χ4n) is 18.3. The van der Waals surface area contributed by atoms with Crippen molar-refractivity contribution >= 4 is 0 Å². The highest BCUT2D eigenvalue weighted by molar-refractivity contribution is 5.27. The Kier molecular flexibility index (Phi) is 17.9. The zero-order chi connectivity index (χ0) is 60.7. The van der Waals surface area contributed by atoms with E-state index in [1.807, 2.05) is 20.8 Å². The predicted molar refractivity (Wildman–Crippen MR) is 283 cm³/mol. The van der Waals surface area contributed by atoms with Crippen molar-refractivity contribution in [1.29, 1.82) is 0 Å². The first-order valence-electron chi connectivity index (χ1n) is 30.3. The maximum atomic E-state index is 12.3. The van der Waals surface area contributed by atoms with Crippen molar-refractivity contribution in [3.63, 3.8) is 0 Å². The van der Waals surface area contributed by atoms with Crippen LogP contribution in [0.3, 0.4) is 0 Å². The molecular formula is C58H94O26. The number of rotatable bonds is 13. The van der Waals surface area contributed by atoms with E-state index in [9.17, 15) is 71.5 Å². The Morgan fingerprint density at radius 3 is 1.93 bits per heavy atom. The van der Waals surface area contributed by atoms with Gasteiger partial charge in [0.05, 0.1) is 56.9 Å². The lowest BCUT2D eigenvalue weighted by molar-refractivity contribution is -0.401. The van der Waals surface area contributed by atoms with Crippen LogP contribution in [0.25, 0.3) is 0 Å². The highest BCUT2D eigenvalue weighted by atomic mass is 16.8. The molecule has 26 heteroatoms. The summed E-state index contributed by atoms with van der Waals surface area (Å²) in [5.74, 6) is -0.440. The molecule has 11 rings (SSSR count). The van der Waals surface area contributed by atoms with Crippen molar-refractivity contribution < 1.29 is 128 Å². The number of allylic oxidation sites excluding steroid dienone is 1. The van der Waals surface area contributed by atoms with E-state index in [2.05, 4.69) is 33.8 Å². The van der Waals surface area contributed by atoms with Gasteiger partial charge in [0, 0.05) is 24.2 Å². The van der Waals surface area contributed by atoms with E-state index in [0.717, 1.165) is 44.1 Å². The highest BCUT2D eigenvalue weighted by Gasteiger charge is 2.81. The van der Waals surface area contributed by atoms with Crippen LogP contribution in [0, 0.1) is 45.3 Å². The van der Waals surface area contributed by atoms with E-state index in [-0.39, 0.29) is 46.0 Å². The predicted octanol–water partition coefficient (Wildman–Crippen LogP) is -2.72. The van der Waals surface area contributed by atoms with Gasteiger partial charge in [-0.2, -0.15) is 0 Å². The summed E-state index contributed by atoms with van der Waals surface area (Å²) in [6, 6.07) is 0. The summed E-state index contributed by atoms with van der Waals surface area (Å²) in [6.07, 6.45) is -31.8. The van der Waals surface area contributed by atoms with E-state index in [1.54, 1.807) is 0 Å². The Morgan fingerprint density at radius 2 is 1.21 bits per heavy atom. The number of aliphatic hydroxyl groups is 14. The van der Waals surface area contributed by atoms with E-state index in [4.69, 9.17) is 56.8 Å². The Labute approximate surface area is 488 Å². The van der Waals surface area contributed by atoms with Crippen molar-refractivity contribution in [1.82, 2.24) is 0 Å². The fraction of sp³-hybridized carbons (Fsp3) is 0.966. The molecule has 26 nitrogen and oxygen atoms in total. The van der Waals surface area contributed by atoms with Gasteiger partial charge in [-0.1, -0.05) is 39.3 Å². The quantitative estimate of drug-likeness (QED) is 0.0658. The maximum absolute atomic E-state index is 12.3. The van der Waals surface area contributed by atoms with Crippen LogP contribution in [0.1, 0.15) is 107 Å². The topological polar surface area (TPSA) is 394 Å². The van der Waals surface area contributed by atoms with Gasteiger partial charge in [-0.05, 0) is 100 Å². The van der Waals surface area contributed by atoms with Crippen molar-refractivity contribution in [3.8, 4) is 0 Å². The van der Waals surface area contributed by atoms with Gasteiger partial charge in [-0.25, -0.2) is 0 Å². The van der Waals surface area contributed by atoms with Crippen molar-refractivity contribution in [2.24, 2.45) is 45.3 Å². The van der Waals surface area contributed by atoms with Crippen LogP contribution in [-0.4, -0.2) is 269 Å². The van der Waals surface area contributed by atoms with Gasteiger partial charge in [0.1, 0.15) is 104 Å². The first kappa shape index (κ1) is 64.2. The zero-order valence-corrected chi connectivity index (χ0v) is 49.2. The minimum absolute atomic E-state index is 0.110. The van der Waals surface area contributed by atoms with Gasteiger partial charge in [0.2, 0.25) is 0 Å². The zero-order valence-electron chi connectivity index (χ0n) is 49.2. The molecule has 14 N–H and O–H groups in total. The van der Waals surface area contributed by atoms with Crippen LogP contribution in [0.4, 0.5) is 0 Å². The molecule has 4 saturated carbocycles. The van der Waals surface area contributed by atoms with Crippen molar-refractivity contribution in [3.05, 3.63) is 11.6 Å². The van der Waals surface area contributed by atoms with Crippen LogP contribution in [0.15, 0.2) is 11.6 Å². The summed E-state index contributed by atoms with van der Waals surface area (Å²) >= 11 is 0. The Bertz CT molecular complexity index is 2330. The summed E-state index contributed by atoms with van der Waals surface area (Å²) in [4.78, 5) is 0. The van der Waals surface area contributed by atoms with Gasteiger partial charge in [-0.15, -0.1) is 0 Å². The van der Waals surface area contributed by atoms with Gasteiger partial charge >= 0.3 is 0 Å². The summed E-state index contributed by atoms with van der Waals surface area (Å²) < 4.78 is 75.5. The van der Waals surface area contributed by atoms with Crippen LogP contribution in [0.2, 0.25) is 0 Å². The molecule has 482 valence electrons. The summed E-state index contributed by atoms with van der Waals surface area (Å²) in [6.45, 7) is 14.8. The molecule has 0 aromatic rings. The fourth-order valence-corrected chi connectivity index (χ4v) is 18.3. The minimum atomic E-state index is -2.04. The molecule has 0 amide bonds. The van der Waals surface area contributed by atoms with Crippen LogP contribution in [-0.2, 0) is 56.8 Å². The molecule has 0 aromatic heterocycles. The van der Waals surface area contributed by atoms with Crippen molar-refractivity contribution in [2.75, 3.05) is 33.0 Å². The molecule has 4 aliphatic carbocycles. The number of aliphatic hydroxyl groups excluding tert-OH is 13. The lowest BCUT2D eigenvalue weighted by atomic mass is 9.35. The number of ether oxygens (including phenoxy) is 12. The maximum Gasteiger partial charge on any atom is 0.187 e. The number of hydrogen-bond donors (Lipinski definition) is 14. The Morgan fingerprint density at radius 1 is 0.583 bits per heavy atom. The van der Waals surface area contributed by atoms with Gasteiger partial charge in [0.25, 0.3) is 0 Å². The molecule has 0 radical (unpaired) electrons. The van der Waals surface area contributed by atoms with Crippen LogP contribution < -0.4 is 0 Å². The van der Waals surface area contributed by atoms with E-state index < -0.39 is 191 Å². The van der Waals surface area contributed by atoms with Crippen LogP contribution in [0.5, 0.6) is 0 Å². The lowest BCUT2D eigenvalue weighted by Gasteiger charge is -2.70. The first-order valence-corrected chi connectivity index (χ1v) is 30.3. The third kappa shape index (κ3) is 10.5. The minimum Gasteiger partial charge on any atom is -0.394 e. The number of hydrogen-bond acceptors (Lipinski definition) is 26. The second-order valence-corrected chi connectivity index (χ2v) is 28.2. The smallest absolute Gasteiger partial charge is 0.187 e. The summed E-state index contributed by atoms with van der Waals surface area (Å²) in [5, 5.41) is 154. The molecule has 2 bridgehead atoms. The highest BCUT2D eigenvalue weighted by Crippen LogP contribution is 2.80. The molecule has 7 saturated heterocycles. The second kappa shape index (κ2) is 23.4. The van der Waals surface area contributed by atoms with Crippen molar-refractivity contribution in [2.45, 2.75) is 272 Å². The first-order chi connectivity index (χ1) is 39.4. The average Bonchev–Trinajstić information content (AvgIpc) is 1.44. The number of fused-ring (bicyclic) bond motifs is 4. The lowest BCUT2D eigenvalue weighted by Crippen LogP contribution is -2.68. The molecule has 84 heavy (non-hydrogen) atoms. The van der Waals surface area contributed by atoms with Gasteiger partial charge < -0.3 is 128 Å². The monoisotopic (exact) mass is 1210 g/mol. The molecule has 7 heterocycles. The summed E-state index contributed by atoms with van der Waals surface area (Å²) in [7, 11) is 0. The Hall–Kier alpha value is -1.30.